The number of phenolic OH excluding ortho intramolecular Hbond substituents is 2. The number of ether oxygens (including phenoxy) is 2. The van der Waals surface area contributed by atoms with Gasteiger partial charge in [0.05, 0.1) is 13.2 Å². The number of aromatic hydroxyl groups is 2. The predicted octanol–water partition coefficient (Wildman–Crippen LogP) is 11.3. The van der Waals surface area contributed by atoms with E-state index in [9.17, 15) is 10.2 Å². The molecule has 0 fully saturated rings. The smallest absolute Gasteiger partial charge is 0.320 e. The molecular formula is C43H49N3O4. The Morgan fingerprint density at radius 2 is 1.16 bits per heavy atom. The zero-order chi connectivity index (χ0) is 35.0. The van der Waals surface area contributed by atoms with Crippen LogP contribution in [0.1, 0.15) is 79.1 Å². The molecule has 0 saturated carbocycles. The summed E-state index contributed by atoms with van der Waals surface area (Å²) in [6.45, 7) is 9.69. The molecular weight excluding hydrogens is 622 g/mol. The number of aromatic nitrogens is 3. The van der Waals surface area contributed by atoms with Crippen molar-refractivity contribution in [2.75, 3.05) is 13.2 Å². The van der Waals surface area contributed by atoms with Crippen LogP contribution in [0.25, 0.3) is 55.1 Å². The maximum atomic E-state index is 11.3. The molecule has 0 bridgehead atoms. The monoisotopic (exact) mass is 671 g/mol. The molecule has 50 heavy (non-hydrogen) atoms. The molecule has 7 nitrogen and oxygen atoms in total. The quantitative estimate of drug-likeness (QED) is 0.0988. The molecule has 1 heterocycles. The molecule has 6 aromatic rings. The van der Waals surface area contributed by atoms with E-state index < -0.39 is 0 Å². The summed E-state index contributed by atoms with van der Waals surface area (Å²) in [5, 5.41) is 29.3. The first kappa shape index (κ1) is 34.9. The van der Waals surface area contributed by atoms with E-state index in [1.807, 2.05) is 18.2 Å². The van der Waals surface area contributed by atoms with Crippen molar-refractivity contribution in [3.8, 4) is 46.0 Å². The minimum Gasteiger partial charge on any atom is -0.507 e. The van der Waals surface area contributed by atoms with Crippen molar-refractivity contribution in [1.29, 1.82) is 0 Å². The van der Waals surface area contributed by atoms with E-state index >= 15 is 0 Å². The molecule has 2 atom stereocenters. The van der Waals surface area contributed by atoms with Crippen molar-refractivity contribution in [2.45, 2.75) is 79.1 Å². The van der Waals surface area contributed by atoms with Crippen molar-refractivity contribution in [2.24, 2.45) is 11.8 Å². The number of unbranched alkanes of at least 4 members (excludes halogenated alkanes) is 2. The average molecular weight is 672 g/mol. The Morgan fingerprint density at radius 1 is 0.580 bits per heavy atom. The zero-order valence-corrected chi connectivity index (χ0v) is 29.8. The van der Waals surface area contributed by atoms with Crippen LogP contribution in [0.4, 0.5) is 0 Å². The van der Waals surface area contributed by atoms with Gasteiger partial charge >= 0.3 is 6.01 Å². The predicted molar refractivity (Wildman–Crippen MR) is 204 cm³/mol. The summed E-state index contributed by atoms with van der Waals surface area (Å²) in [6, 6.07) is 26.3. The van der Waals surface area contributed by atoms with Crippen LogP contribution >= 0.6 is 0 Å². The number of benzene rings is 5. The highest BCUT2D eigenvalue weighted by atomic mass is 16.5. The molecule has 0 aliphatic carbocycles. The molecule has 1 aromatic heterocycles. The van der Waals surface area contributed by atoms with E-state index in [0.29, 0.717) is 36.6 Å². The van der Waals surface area contributed by atoms with Gasteiger partial charge in [-0.05, 0) is 63.1 Å². The Labute approximate surface area is 295 Å². The maximum absolute atomic E-state index is 11.3. The Bertz CT molecular complexity index is 2050. The average Bonchev–Trinajstić information content (AvgIpc) is 3.14. The number of hydrogen-bond acceptors (Lipinski definition) is 7. The molecule has 6 rings (SSSR count). The summed E-state index contributed by atoms with van der Waals surface area (Å²) in [4.78, 5) is 14.5. The third-order valence-corrected chi connectivity index (χ3v) is 9.94. The van der Waals surface area contributed by atoms with Crippen LogP contribution < -0.4 is 9.47 Å². The molecule has 260 valence electrons. The van der Waals surface area contributed by atoms with Gasteiger partial charge in [0.15, 0.2) is 11.6 Å². The Kier molecular flexibility index (Phi) is 11.3. The lowest BCUT2D eigenvalue weighted by Crippen LogP contribution is -2.13. The molecule has 0 radical (unpaired) electrons. The molecule has 7 heteroatoms. The van der Waals surface area contributed by atoms with Gasteiger partial charge in [-0.2, -0.15) is 9.97 Å². The van der Waals surface area contributed by atoms with Gasteiger partial charge in [0, 0.05) is 17.7 Å². The summed E-state index contributed by atoms with van der Waals surface area (Å²) in [5.74, 6) is 1.35. The van der Waals surface area contributed by atoms with E-state index in [2.05, 4.69) is 81.2 Å². The minimum atomic E-state index is -0.173. The Morgan fingerprint density at radius 3 is 1.82 bits per heavy atom. The largest absolute Gasteiger partial charge is 0.507 e. The van der Waals surface area contributed by atoms with Gasteiger partial charge in [0.1, 0.15) is 22.8 Å². The lowest BCUT2D eigenvalue weighted by molar-refractivity contribution is 0.217. The third kappa shape index (κ3) is 7.62. The van der Waals surface area contributed by atoms with E-state index in [-0.39, 0.29) is 28.9 Å². The summed E-state index contributed by atoms with van der Waals surface area (Å²) < 4.78 is 12.4. The van der Waals surface area contributed by atoms with E-state index in [1.165, 1.54) is 12.1 Å². The van der Waals surface area contributed by atoms with Gasteiger partial charge in [-0.1, -0.05) is 127 Å². The van der Waals surface area contributed by atoms with E-state index in [4.69, 9.17) is 19.4 Å². The molecule has 0 spiro atoms. The van der Waals surface area contributed by atoms with Crippen molar-refractivity contribution in [1.82, 2.24) is 15.0 Å². The second-order valence-corrected chi connectivity index (χ2v) is 13.4. The summed E-state index contributed by atoms with van der Waals surface area (Å²) >= 11 is 0. The van der Waals surface area contributed by atoms with E-state index in [0.717, 1.165) is 89.2 Å². The minimum absolute atomic E-state index is 0.109. The van der Waals surface area contributed by atoms with Gasteiger partial charge in [-0.3, -0.25) is 0 Å². The molecule has 0 aliphatic heterocycles. The first-order chi connectivity index (χ1) is 24.4. The van der Waals surface area contributed by atoms with Crippen molar-refractivity contribution < 1.29 is 19.7 Å². The Balaban J connectivity index is 1.47. The summed E-state index contributed by atoms with van der Waals surface area (Å²) in [5.41, 5.74) is 0.921. The second kappa shape index (κ2) is 16.2. The Hall–Kier alpha value is -4.91. The molecule has 0 aliphatic rings. The normalized spacial score (nSPS) is 12.8. The van der Waals surface area contributed by atoms with Gasteiger partial charge < -0.3 is 19.7 Å². The first-order valence-electron chi connectivity index (χ1n) is 18.3. The van der Waals surface area contributed by atoms with Gasteiger partial charge in [0.2, 0.25) is 0 Å². The number of hydrogen-bond donors (Lipinski definition) is 2. The first-order valence-corrected chi connectivity index (χ1v) is 18.3. The van der Waals surface area contributed by atoms with Crippen LogP contribution in [0.3, 0.4) is 0 Å². The van der Waals surface area contributed by atoms with Crippen LogP contribution in [-0.4, -0.2) is 38.4 Å². The highest BCUT2D eigenvalue weighted by molar-refractivity contribution is 6.20. The lowest BCUT2D eigenvalue weighted by atomic mass is 9.93. The zero-order valence-electron chi connectivity index (χ0n) is 29.8. The fourth-order valence-corrected chi connectivity index (χ4v) is 6.80. The fraction of sp³-hybridized carbons (Fsp3) is 0.372. The SMILES string of the molecule is CCCCC(CC)COc1cc(O)c(-c2nc(OCC(CC)CCCC)nc(-c3cc4c5ccccc5ccc4c4ccccc34)n2)c(O)c1. The highest BCUT2D eigenvalue weighted by Gasteiger charge is 2.22. The van der Waals surface area contributed by atoms with Crippen molar-refractivity contribution in [3.63, 3.8) is 0 Å². The molecule has 0 saturated heterocycles. The molecule has 2 N–H and O–H groups in total. The van der Waals surface area contributed by atoms with Crippen molar-refractivity contribution in [3.05, 3.63) is 78.9 Å². The second-order valence-electron chi connectivity index (χ2n) is 13.4. The van der Waals surface area contributed by atoms with Crippen molar-refractivity contribution >= 4 is 32.3 Å². The van der Waals surface area contributed by atoms with E-state index in [1.54, 1.807) is 0 Å². The van der Waals surface area contributed by atoms with Gasteiger partial charge in [0.25, 0.3) is 0 Å². The molecule has 5 aromatic carbocycles. The van der Waals surface area contributed by atoms with Gasteiger partial charge in [-0.25, -0.2) is 4.98 Å². The van der Waals surface area contributed by atoms with Gasteiger partial charge in [-0.15, -0.1) is 0 Å². The number of phenols is 2. The lowest BCUT2D eigenvalue weighted by Gasteiger charge is -2.18. The summed E-state index contributed by atoms with van der Waals surface area (Å²) in [6.07, 6.45) is 8.64. The topological polar surface area (TPSA) is 97.6 Å². The van der Waals surface area contributed by atoms with Crippen LogP contribution in [0.2, 0.25) is 0 Å². The summed E-state index contributed by atoms with van der Waals surface area (Å²) in [7, 11) is 0. The standard InChI is InChI=1S/C43H49N3O4/c1-5-9-15-28(7-3)26-49-31-23-38(47)40(39(48)24-31)42-44-41(45-43(46-42)50-27-29(8-4)16-10-6-2)37-25-36-32-18-12-11-17-30(32)21-22-35(36)33-19-13-14-20-34(33)37/h11-14,17-25,28-29,47-48H,5-10,15-16,26-27H2,1-4H3. The maximum Gasteiger partial charge on any atom is 0.320 e. The fourth-order valence-electron chi connectivity index (χ4n) is 6.80. The van der Waals surface area contributed by atoms with Crippen LogP contribution in [-0.2, 0) is 0 Å². The van der Waals surface area contributed by atoms with Crippen LogP contribution in [0.5, 0.6) is 23.3 Å². The number of fused-ring (bicyclic) bond motifs is 5. The third-order valence-electron chi connectivity index (χ3n) is 9.94. The highest BCUT2D eigenvalue weighted by Crippen LogP contribution is 2.42. The number of rotatable bonds is 16. The van der Waals surface area contributed by atoms with Crippen LogP contribution in [0, 0.1) is 11.8 Å². The molecule has 0 amide bonds. The molecule has 2 unspecified atom stereocenters. The van der Waals surface area contributed by atoms with Crippen LogP contribution in [0.15, 0.2) is 78.9 Å². The number of nitrogens with zero attached hydrogens (tertiary/aromatic N) is 3.